The van der Waals surface area contributed by atoms with Gasteiger partial charge in [-0.2, -0.15) is 0 Å². The number of nitrogens with one attached hydrogen (secondary N) is 1. The molecule has 0 aromatic heterocycles. The minimum atomic E-state index is 0.605. The van der Waals surface area contributed by atoms with E-state index in [1.165, 1.54) is 57.1 Å². The molecular formula is C16H23N. The van der Waals surface area contributed by atoms with Gasteiger partial charge in [-0.15, -0.1) is 0 Å². The molecule has 0 amide bonds. The minimum Gasteiger partial charge on any atom is -0.310 e. The van der Waals surface area contributed by atoms with E-state index in [1.807, 2.05) is 0 Å². The highest BCUT2D eigenvalue weighted by atomic mass is 14.9. The molecule has 0 bridgehead atoms. The second-order valence-corrected chi connectivity index (χ2v) is 5.65. The van der Waals surface area contributed by atoms with Gasteiger partial charge in [0.05, 0.1) is 0 Å². The molecule has 1 aliphatic carbocycles. The van der Waals surface area contributed by atoms with Gasteiger partial charge in [0.1, 0.15) is 0 Å². The number of hydrogen-bond acceptors (Lipinski definition) is 1. The molecule has 2 fully saturated rings. The van der Waals surface area contributed by atoms with Crippen LogP contribution in [0.1, 0.15) is 68.0 Å². The van der Waals surface area contributed by atoms with Gasteiger partial charge in [-0.1, -0.05) is 43.5 Å². The van der Waals surface area contributed by atoms with E-state index in [4.69, 9.17) is 0 Å². The molecule has 1 saturated heterocycles. The van der Waals surface area contributed by atoms with Crippen molar-refractivity contribution in [3.63, 3.8) is 0 Å². The topological polar surface area (TPSA) is 12.0 Å². The molecule has 1 nitrogen and oxygen atoms in total. The van der Waals surface area contributed by atoms with Crippen molar-refractivity contribution in [1.29, 1.82) is 0 Å². The number of rotatable bonds is 2. The van der Waals surface area contributed by atoms with Crippen molar-refractivity contribution in [2.75, 3.05) is 6.54 Å². The monoisotopic (exact) mass is 229 g/mol. The van der Waals surface area contributed by atoms with Crippen molar-refractivity contribution >= 4 is 0 Å². The van der Waals surface area contributed by atoms with Crippen molar-refractivity contribution in [2.24, 2.45) is 0 Å². The minimum absolute atomic E-state index is 0.605. The molecule has 0 spiro atoms. The van der Waals surface area contributed by atoms with E-state index < -0.39 is 0 Å². The summed E-state index contributed by atoms with van der Waals surface area (Å²) in [6.45, 7) is 1.19. The van der Waals surface area contributed by atoms with Crippen LogP contribution in [-0.4, -0.2) is 6.54 Å². The van der Waals surface area contributed by atoms with Crippen molar-refractivity contribution in [1.82, 2.24) is 5.32 Å². The Morgan fingerprint density at radius 2 is 1.53 bits per heavy atom. The summed E-state index contributed by atoms with van der Waals surface area (Å²) < 4.78 is 0. The zero-order chi connectivity index (χ0) is 11.5. The lowest BCUT2D eigenvalue weighted by atomic mass is 9.80. The summed E-state index contributed by atoms with van der Waals surface area (Å²) in [5.74, 6) is 0.867. The first-order valence-electron chi connectivity index (χ1n) is 7.27. The van der Waals surface area contributed by atoms with Gasteiger partial charge in [0.25, 0.3) is 0 Å². The zero-order valence-electron chi connectivity index (χ0n) is 10.6. The van der Waals surface area contributed by atoms with Crippen LogP contribution in [0.2, 0.25) is 0 Å². The Morgan fingerprint density at radius 1 is 0.765 bits per heavy atom. The zero-order valence-corrected chi connectivity index (χ0v) is 10.6. The van der Waals surface area contributed by atoms with Gasteiger partial charge in [-0.3, -0.25) is 0 Å². The third-order valence-electron chi connectivity index (χ3n) is 4.48. The Balaban J connectivity index is 1.69. The van der Waals surface area contributed by atoms with Gasteiger partial charge in [-0.05, 0) is 49.3 Å². The quantitative estimate of drug-likeness (QED) is 0.803. The average Bonchev–Trinajstić information content (AvgIpc) is 2.56. The number of hydrogen-bond donors (Lipinski definition) is 1. The fraction of sp³-hybridized carbons (Fsp3) is 0.625. The maximum atomic E-state index is 3.67. The third-order valence-corrected chi connectivity index (χ3v) is 4.48. The second-order valence-electron chi connectivity index (χ2n) is 5.65. The average molecular weight is 229 g/mol. The SMILES string of the molecule is c1cc(C2CCCCCN2)ccc1C1CCC1. The first-order valence-corrected chi connectivity index (χ1v) is 7.27. The fourth-order valence-electron chi connectivity index (χ4n) is 3.06. The van der Waals surface area contributed by atoms with Crippen LogP contribution in [-0.2, 0) is 0 Å². The van der Waals surface area contributed by atoms with Gasteiger partial charge >= 0.3 is 0 Å². The summed E-state index contributed by atoms with van der Waals surface area (Å²) in [5.41, 5.74) is 3.06. The first kappa shape index (κ1) is 11.3. The van der Waals surface area contributed by atoms with Crippen LogP contribution in [0, 0.1) is 0 Å². The predicted octanol–water partition coefficient (Wildman–Crippen LogP) is 4.16. The molecule has 1 N–H and O–H groups in total. The third kappa shape index (κ3) is 2.55. The van der Waals surface area contributed by atoms with E-state index in [2.05, 4.69) is 29.6 Å². The van der Waals surface area contributed by atoms with E-state index in [0.717, 1.165) is 5.92 Å². The Labute approximate surface area is 105 Å². The van der Waals surface area contributed by atoms with Gasteiger partial charge in [0, 0.05) is 6.04 Å². The van der Waals surface area contributed by atoms with Crippen LogP contribution < -0.4 is 5.32 Å². The summed E-state index contributed by atoms with van der Waals surface area (Å²) in [5, 5.41) is 3.67. The van der Waals surface area contributed by atoms with E-state index in [-0.39, 0.29) is 0 Å². The van der Waals surface area contributed by atoms with Crippen molar-refractivity contribution < 1.29 is 0 Å². The molecule has 1 aromatic rings. The molecule has 1 unspecified atom stereocenters. The Bertz CT molecular complexity index is 342. The van der Waals surface area contributed by atoms with E-state index in [1.54, 1.807) is 5.56 Å². The molecule has 92 valence electrons. The van der Waals surface area contributed by atoms with Crippen molar-refractivity contribution in [2.45, 2.75) is 56.9 Å². The molecule has 17 heavy (non-hydrogen) atoms. The Hall–Kier alpha value is -0.820. The molecule has 1 heterocycles. The number of benzene rings is 1. The largest absolute Gasteiger partial charge is 0.310 e. The van der Waals surface area contributed by atoms with Crippen LogP contribution in [0.5, 0.6) is 0 Å². The van der Waals surface area contributed by atoms with Crippen molar-refractivity contribution in [3.05, 3.63) is 35.4 Å². The van der Waals surface area contributed by atoms with Crippen LogP contribution >= 0.6 is 0 Å². The molecule has 1 atom stereocenters. The van der Waals surface area contributed by atoms with Crippen LogP contribution in [0.25, 0.3) is 0 Å². The maximum Gasteiger partial charge on any atom is 0.0320 e. The molecular weight excluding hydrogens is 206 g/mol. The summed E-state index contributed by atoms with van der Waals surface area (Å²) in [4.78, 5) is 0. The molecule has 1 heteroatoms. The maximum absolute atomic E-state index is 3.67. The summed E-state index contributed by atoms with van der Waals surface area (Å²) in [6.07, 6.45) is 9.66. The lowest BCUT2D eigenvalue weighted by molar-refractivity contribution is 0.419. The lowest BCUT2D eigenvalue weighted by Crippen LogP contribution is -2.20. The van der Waals surface area contributed by atoms with Crippen LogP contribution in [0.4, 0.5) is 0 Å². The standard InChI is InChI=1S/C16H23N/c1-2-7-16(17-12-3-1)15-10-8-14(9-11-15)13-5-4-6-13/h8-11,13,16-17H,1-7,12H2. The van der Waals surface area contributed by atoms with Crippen LogP contribution in [0.3, 0.4) is 0 Å². The van der Waals surface area contributed by atoms with E-state index in [9.17, 15) is 0 Å². The molecule has 1 saturated carbocycles. The smallest absolute Gasteiger partial charge is 0.0320 e. The van der Waals surface area contributed by atoms with Gasteiger partial charge < -0.3 is 5.32 Å². The van der Waals surface area contributed by atoms with E-state index >= 15 is 0 Å². The summed E-state index contributed by atoms with van der Waals surface area (Å²) >= 11 is 0. The highest BCUT2D eigenvalue weighted by molar-refractivity contribution is 5.28. The Kier molecular flexibility index (Phi) is 3.46. The van der Waals surface area contributed by atoms with Gasteiger partial charge in [0.15, 0.2) is 0 Å². The molecule has 3 rings (SSSR count). The second kappa shape index (κ2) is 5.22. The Morgan fingerprint density at radius 3 is 2.24 bits per heavy atom. The fourth-order valence-corrected chi connectivity index (χ4v) is 3.06. The molecule has 1 aliphatic heterocycles. The lowest BCUT2D eigenvalue weighted by Gasteiger charge is -2.26. The molecule has 1 aromatic carbocycles. The molecule has 2 aliphatic rings. The van der Waals surface area contributed by atoms with Crippen LogP contribution in [0.15, 0.2) is 24.3 Å². The highest BCUT2D eigenvalue weighted by Crippen LogP contribution is 2.36. The highest BCUT2D eigenvalue weighted by Gasteiger charge is 2.20. The normalized spacial score (nSPS) is 26.2. The molecule has 0 radical (unpaired) electrons. The van der Waals surface area contributed by atoms with Crippen molar-refractivity contribution in [3.8, 4) is 0 Å². The van der Waals surface area contributed by atoms with Gasteiger partial charge in [0.2, 0.25) is 0 Å². The van der Waals surface area contributed by atoms with E-state index in [0.29, 0.717) is 6.04 Å². The van der Waals surface area contributed by atoms with Gasteiger partial charge in [-0.25, -0.2) is 0 Å². The predicted molar refractivity (Wildman–Crippen MR) is 72.2 cm³/mol. The first-order chi connectivity index (χ1) is 8.43. The summed E-state index contributed by atoms with van der Waals surface area (Å²) in [7, 11) is 0. The summed E-state index contributed by atoms with van der Waals surface area (Å²) in [6, 6.07) is 10.1.